The van der Waals surface area contributed by atoms with Gasteiger partial charge in [-0.3, -0.25) is 0 Å². The van der Waals surface area contributed by atoms with Gasteiger partial charge in [-0.25, -0.2) is 9.79 Å². The molecular weight excluding hydrogens is 326 g/mol. The van der Waals surface area contributed by atoms with Crippen LogP contribution in [0.15, 0.2) is 53.5 Å². The first-order valence-electron chi connectivity index (χ1n) is 7.83. The summed E-state index contributed by atoms with van der Waals surface area (Å²) in [4.78, 5) is 16.5. The third-order valence-electron chi connectivity index (χ3n) is 3.56. The standard InChI is InChI=1S/C19H18ClNO3/c1-12(2)23-17-9-8-14(11-15(17)20)18-21-16(19(22)24-18)10-13-6-4-3-5-7-13/h3-9,11-12,16H,10H2,1-2H3. The maximum Gasteiger partial charge on any atom is 0.338 e. The van der Waals surface area contributed by atoms with Crippen molar-refractivity contribution >= 4 is 23.5 Å². The van der Waals surface area contributed by atoms with E-state index in [1.807, 2.05) is 44.2 Å². The predicted octanol–water partition coefficient (Wildman–Crippen LogP) is 4.04. The zero-order chi connectivity index (χ0) is 17.1. The molecule has 3 rings (SSSR count). The molecule has 1 aliphatic rings. The van der Waals surface area contributed by atoms with E-state index in [1.54, 1.807) is 18.2 Å². The van der Waals surface area contributed by atoms with E-state index in [0.717, 1.165) is 5.56 Å². The van der Waals surface area contributed by atoms with Crippen LogP contribution in [0.3, 0.4) is 0 Å². The summed E-state index contributed by atoms with van der Waals surface area (Å²) in [5.41, 5.74) is 1.71. The number of esters is 1. The lowest BCUT2D eigenvalue weighted by Crippen LogP contribution is -2.17. The number of ether oxygens (including phenoxy) is 2. The molecule has 5 heteroatoms. The van der Waals surface area contributed by atoms with E-state index in [-0.39, 0.29) is 12.1 Å². The first-order chi connectivity index (χ1) is 11.5. The van der Waals surface area contributed by atoms with Gasteiger partial charge in [-0.2, -0.15) is 0 Å². The minimum absolute atomic E-state index is 0.0326. The molecule has 1 atom stereocenters. The van der Waals surface area contributed by atoms with Crippen LogP contribution in [0.1, 0.15) is 25.0 Å². The number of halogens is 1. The van der Waals surface area contributed by atoms with Crippen LogP contribution < -0.4 is 4.74 Å². The average Bonchev–Trinajstić information content (AvgIpc) is 2.91. The summed E-state index contributed by atoms with van der Waals surface area (Å²) >= 11 is 6.23. The summed E-state index contributed by atoms with van der Waals surface area (Å²) in [7, 11) is 0. The molecule has 0 amide bonds. The Labute approximate surface area is 146 Å². The molecule has 0 radical (unpaired) electrons. The minimum Gasteiger partial charge on any atom is -0.489 e. The van der Waals surface area contributed by atoms with Crippen molar-refractivity contribution in [3.63, 3.8) is 0 Å². The zero-order valence-corrected chi connectivity index (χ0v) is 14.3. The number of nitrogens with zero attached hydrogens (tertiary/aromatic N) is 1. The first-order valence-corrected chi connectivity index (χ1v) is 8.20. The Hall–Kier alpha value is -2.33. The Kier molecular flexibility index (Phi) is 4.86. The average molecular weight is 344 g/mol. The second-order valence-electron chi connectivity index (χ2n) is 5.87. The highest BCUT2D eigenvalue weighted by atomic mass is 35.5. The van der Waals surface area contributed by atoms with E-state index in [4.69, 9.17) is 21.1 Å². The van der Waals surface area contributed by atoms with Crippen molar-refractivity contribution in [2.24, 2.45) is 4.99 Å². The fourth-order valence-corrected chi connectivity index (χ4v) is 2.69. The summed E-state index contributed by atoms with van der Waals surface area (Å²) in [6.45, 7) is 3.86. The fraction of sp³-hybridized carbons (Fsp3) is 0.263. The van der Waals surface area contributed by atoms with Gasteiger partial charge >= 0.3 is 5.97 Å². The highest BCUT2D eigenvalue weighted by molar-refractivity contribution is 6.32. The van der Waals surface area contributed by atoms with Crippen LogP contribution in [0.4, 0.5) is 0 Å². The third kappa shape index (κ3) is 3.77. The largest absolute Gasteiger partial charge is 0.489 e. The fourth-order valence-electron chi connectivity index (χ4n) is 2.47. The van der Waals surface area contributed by atoms with Crippen molar-refractivity contribution in [3.8, 4) is 5.75 Å². The molecule has 1 heterocycles. The highest BCUT2D eigenvalue weighted by Gasteiger charge is 2.30. The summed E-state index contributed by atoms with van der Waals surface area (Å²) in [5, 5.41) is 0.464. The van der Waals surface area contributed by atoms with Gasteiger partial charge in [0.25, 0.3) is 0 Å². The van der Waals surface area contributed by atoms with Gasteiger partial charge in [0.2, 0.25) is 5.90 Å². The lowest BCUT2D eigenvalue weighted by atomic mass is 10.1. The number of carbonyl (C=O) groups is 1. The molecule has 0 fully saturated rings. The Morgan fingerprint density at radius 3 is 2.62 bits per heavy atom. The van der Waals surface area contributed by atoms with E-state index in [2.05, 4.69) is 4.99 Å². The number of aliphatic imine (C=N–C) groups is 1. The van der Waals surface area contributed by atoms with Crippen molar-refractivity contribution in [2.75, 3.05) is 0 Å². The second-order valence-corrected chi connectivity index (χ2v) is 6.28. The Morgan fingerprint density at radius 1 is 1.21 bits per heavy atom. The van der Waals surface area contributed by atoms with Gasteiger partial charge in [0.05, 0.1) is 11.1 Å². The maximum atomic E-state index is 12.1. The van der Waals surface area contributed by atoms with Crippen LogP contribution in [0.25, 0.3) is 0 Å². The third-order valence-corrected chi connectivity index (χ3v) is 3.85. The van der Waals surface area contributed by atoms with Crippen LogP contribution in [-0.2, 0) is 16.0 Å². The van der Waals surface area contributed by atoms with Crippen LogP contribution >= 0.6 is 11.6 Å². The topological polar surface area (TPSA) is 47.9 Å². The van der Waals surface area contributed by atoms with Gasteiger partial charge in [0.1, 0.15) is 5.75 Å². The summed E-state index contributed by atoms with van der Waals surface area (Å²) in [6, 6.07) is 14.5. The number of cyclic esters (lactones) is 1. The number of rotatable bonds is 5. The maximum absolute atomic E-state index is 12.1. The molecule has 1 unspecified atom stereocenters. The van der Waals surface area contributed by atoms with E-state index in [9.17, 15) is 4.79 Å². The lowest BCUT2D eigenvalue weighted by Gasteiger charge is -2.11. The number of hydrogen-bond acceptors (Lipinski definition) is 4. The van der Waals surface area contributed by atoms with Gasteiger partial charge in [-0.05, 0) is 37.6 Å². The molecule has 1 aliphatic heterocycles. The highest BCUT2D eigenvalue weighted by Crippen LogP contribution is 2.28. The van der Waals surface area contributed by atoms with E-state index < -0.39 is 6.04 Å². The number of carbonyl (C=O) groups excluding carboxylic acids is 1. The van der Waals surface area contributed by atoms with E-state index in [1.165, 1.54) is 0 Å². The molecule has 24 heavy (non-hydrogen) atoms. The molecular formula is C19H18ClNO3. The lowest BCUT2D eigenvalue weighted by molar-refractivity contribution is -0.134. The van der Waals surface area contributed by atoms with E-state index in [0.29, 0.717) is 28.7 Å². The van der Waals surface area contributed by atoms with Crippen LogP contribution in [-0.4, -0.2) is 24.0 Å². The van der Waals surface area contributed by atoms with Gasteiger partial charge in [-0.1, -0.05) is 41.9 Å². The zero-order valence-electron chi connectivity index (χ0n) is 13.5. The smallest absolute Gasteiger partial charge is 0.338 e. The van der Waals surface area contributed by atoms with Crippen molar-refractivity contribution in [1.82, 2.24) is 0 Å². The first kappa shape index (κ1) is 16.5. The van der Waals surface area contributed by atoms with Gasteiger partial charge in [0.15, 0.2) is 6.04 Å². The monoisotopic (exact) mass is 343 g/mol. The molecule has 124 valence electrons. The molecule has 0 bridgehead atoms. The van der Waals surface area contributed by atoms with Crippen molar-refractivity contribution in [3.05, 3.63) is 64.7 Å². The Bertz CT molecular complexity index is 771. The molecule has 4 nitrogen and oxygen atoms in total. The molecule has 2 aromatic rings. The number of hydrogen-bond donors (Lipinski definition) is 0. The normalized spacial score (nSPS) is 16.9. The Morgan fingerprint density at radius 2 is 1.96 bits per heavy atom. The number of benzene rings is 2. The summed E-state index contributed by atoms with van der Waals surface area (Å²) in [6.07, 6.45) is 0.552. The quantitative estimate of drug-likeness (QED) is 0.770. The van der Waals surface area contributed by atoms with E-state index >= 15 is 0 Å². The van der Waals surface area contributed by atoms with Crippen molar-refractivity contribution in [1.29, 1.82) is 0 Å². The molecule has 0 saturated carbocycles. The molecule has 0 N–H and O–H groups in total. The van der Waals surface area contributed by atoms with Crippen LogP contribution in [0.2, 0.25) is 5.02 Å². The molecule has 0 aromatic heterocycles. The van der Waals surface area contributed by atoms with Crippen LogP contribution in [0.5, 0.6) is 5.75 Å². The molecule has 2 aromatic carbocycles. The SMILES string of the molecule is CC(C)Oc1ccc(C2=NC(Cc3ccccc3)C(=O)O2)cc1Cl. The molecule has 0 spiro atoms. The van der Waals surface area contributed by atoms with Crippen LogP contribution in [0, 0.1) is 0 Å². The minimum atomic E-state index is -0.521. The van der Waals surface area contributed by atoms with Crippen molar-refractivity contribution in [2.45, 2.75) is 32.4 Å². The van der Waals surface area contributed by atoms with Crippen molar-refractivity contribution < 1.29 is 14.3 Å². The van der Waals surface area contributed by atoms with Gasteiger partial charge in [0, 0.05) is 12.0 Å². The van der Waals surface area contributed by atoms with Gasteiger partial charge in [-0.15, -0.1) is 0 Å². The Balaban J connectivity index is 1.78. The summed E-state index contributed by atoms with van der Waals surface area (Å²) in [5.74, 6) is 0.563. The molecule has 0 aliphatic carbocycles. The molecule has 0 saturated heterocycles. The predicted molar refractivity (Wildman–Crippen MR) is 93.8 cm³/mol. The van der Waals surface area contributed by atoms with Gasteiger partial charge < -0.3 is 9.47 Å². The second kappa shape index (κ2) is 7.05. The summed E-state index contributed by atoms with van der Waals surface area (Å²) < 4.78 is 10.9.